The average molecular weight is 321 g/mol. The SMILES string of the molecule is C[C@@H](NS(=O)(=O)C(C)(C)C)c1ccc(Br)cn1. The summed E-state index contributed by atoms with van der Waals surface area (Å²) in [6, 6.07) is 3.29. The van der Waals surface area contributed by atoms with E-state index in [-0.39, 0.29) is 6.04 Å². The van der Waals surface area contributed by atoms with Gasteiger partial charge in [0.2, 0.25) is 10.0 Å². The minimum Gasteiger partial charge on any atom is -0.258 e. The van der Waals surface area contributed by atoms with Gasteiger partial charge >= 0.3 is 0 Å². The van der Waals surface area contributed by atoms with Gasteiger partial charge in [-0.1, -0.05) is 0 Å². The lowest BCUT2D eigenvalue weighted by Gasteiger charge is -2.23. The first-order valence-corrected chi connectivity index (χ1v) is 7.54. The minimum absolute atomic E-state index is 0.340. The highest BCUT2D eigenvalue weighted by molar-refractivity contribution is 9.10. The number of sulfonamides is 1. The first-order chi connectivity index (χ1) is 7.63. The van der Waals surface area contributed by atoms with E-state index in [9.17, 15) is 8.42 Å². The molecule has 1 heterocycles. The number of aromatic nitrogens is 1. The highest BCUT2D eigenvalue weighted by Gasteiger charge is 2.30. The van der Waals surface area contributed by atoms with Gasteiger partial charge in [-0.25, -0.2) is 13.1 Å². The Morgan fingerprint density at radius 2 is 1.94 bits per heavy atom. The van der Waals surface area contributed by atoms with Gasteiger partial charge in [-0.3, -0.25) is 4.98 Å². The summed E-state index contributed by atoms with van der Waals surface area (Å²) in [5, 5.41) is 0. The molecule has 17 heavy (non-hydrogen) atoms. The van der Waals surface area contributed by atoms with Crippen LogP contribution in [0.4, 0.5) is 0 Å². The van der Waals surface area contributed by atoms with Crippen LogP contribution in [0.25, 0.3) is 0 Å². The molecular formula is C11H17BrN2O2S. The van der Waals surface area contributed by atoms with Crippen LogP contribution in [-0.4, -0.2) is 18.1 Å². The zero-order valence-corrected chi connectivity index (χ0v) is 12.8. The summed E-state index contributed by atoms with van der Waals surface area (Å²) < 4.78 is 26.6. The van der Waals surface area contributed by atoms with Gasteiger partial charge in [0.1, 0.15) is 0 Å². The van der Waals surface area contributed by atoms with Crippen LogP contribution in [0.2, 0.25) is 0 Å². The van der Waals surface area contributed by atoms with Crippen molar-refractivity contribution in [2.75, 3.05) is 0 Å². The molecule has 0 aliphatic heterocycles. The van der Waals surface area contributed by atoms with Crippen LogP contribution in [-0.2, 0) is 10.0 Å². The third-order valence-electron chi connectivity index (χ3n) is 2.33. The molecule has 96 valence electrons. The van der Waals surface area contributed by atoms with Crippen molar-refractivity contribution < 1.29 is 8.42 Å². The second-order valence-corrected chi connectivity index (χ2v) is 8.24. The molecule has 1 N–H and O–H groups in total. The molecular weight excluding hydrogens is 304 g/mol. The number of nitrogens with one attached hydrogen (secondary N) is 1. The molecule has 0 spiro atoms. The summed E-state index contributed by atoms with van der Waals surface area (Å²) in [4.78, 5) is 4.17. The molecule has 0 aliphatic carbocycles. The van der Waals surface area contributed by atoms with E-state index < -0.39 is 14.8 Å². The largest absolute Gasteiger partial charge is 0.258 e. The third kappa shape index (κ3) is 3.76. The Morgan fingerprint density at radius 3 is 2.35 bits per heavy atom. The van der Waals surface area contributed by atoms with Gasteiger partial charge in [-0.15, -0.1) is 0 Å². The van der Waals surface area contributed by atoms with Crippen LogP contribution in [0.3, 0.4) is 0 Å². The number of hydrogen-bond donors (Lipinski definition) is 1. The Morgan fingerprint density at radius 1 is 1.35 bits per heavy atom. The predicted molar refractivity (Wildman–Crippen MR) is 72.2 cm³/mol. The quantitative estimate of drug-likeness (QED) is 0.931. The Balaban J connectivity index is 2.87. The van der Waals surface area contributed by atoms with E-state index in [4.69, 9.17) is 0 Å². The molecule has 1 atom stereocenters. The smallest absolute Gasteiger partial charge is 0.217 e. The van der Waals surface area contributed by atoms with Crippen LogP contribution in [0.5, 0.6) is 0 Å². The van der Waals surface area contributed by atoms with Crippen LogP contribution in [0.15, 0.2) is 22.8 Å². The van der Waals surface area contributed by atoms with Gasteiger partial charge in [0.05, 0.1) is 16.5 Å². The van der Waals surface area contributed by atoms with Crippen molar-refractivity contribution in [2.45, 2.75) is 38.5 Å². The molecule has 0 unspecified atom stereocenters. The van der Waals surface area contributed by atoms with Crippen molar-refractivity contribution in [1.29, 1.82) is 0 Å². The molecule has 0 radical (unpaired) electrons. The fourth-order valence-corrected chi connectivity index (χ4v) is 2.29. The second kappa shape index (κ2) is 5.04. The molecule has 6 heteroatoms. The molecule has 0 aliphatic rings. The summed E-state index contributed by atoms with van der Waals surface area (Å²) in [6.07, 6.45) is 1.65. The maximum absolute atomic E-state index is 12.0. The van der Waals surface area contributed by atoms with E-state index in [1.807, 2.05) is 6.07 Å². The molecule has 0 fully saturated rings. The zero-order chi connectivity index (χ0) is 13.3. The highest BCUT2D eigenvalue weighted by Crippen LogP contribution is 2.19. The molecule has 1 aromatic heterocycles. The lowest BCUT2D eigenvalue weighted by molar-refractivity contribution is 0.529. The maximum Gasteiger partial charge on any atom is 0.217 e. The lowest BCUT2D eigenvalue weighted by Crippen LogP contribution is -2.40. The average Bonchev–Trinajstić information content (AvgIpc) is 2.16. The fraction of sp³-hybridized carbons (Fsp3) is 0.545. The minimum atomic E-state index is -3.36. The topological polar surface area (TPSA) is 59.1 Å². The van der Waals surface area contributed by atoms with Crippen LogP contribution in [0.1, 0.15) is 39.4 Å². The molecule has 1 aromatic rings. The molecule has 4 nitrogen and oxygen atoms in total. The van der Waals surface area contributed by atoms with Gasteiger partial charge in [-0.2, -0.15) is 0 Å². The molecule has 0 saturated heterocycles. The van der Waals surface area contributed by atoms with Gasteiger partial charge in [0.25, 0.3) is 0 Å². The van der Waals surface area contributed by atoms with Crippen molar-refractivity contribution in [3.05, 3.63) is 28.5 Å². The number of halogens is 1. The Kier molecular flexibility index (Phi) is 4.33. The normalized spacial score (nSPS) is 14.6. The first-order valence-electron chi connectivity index (χ1n) is 5.27. The van der Waals surface area contributed by atoms with Crippen LogP contribution < -0.4 is 4.72 Å². The first kappa shape index (κ1) is 14.6. The number of hydrogen-bond acceptors (Lipinski definition) is 3. The van der Waals surface area contributed by atoms with E-state index in [0.29, 0.717) is 5.69 Å². The van der Waals surface area contributed by atoms with Crippen LogP contribution >= 0.6 is 15.9 Å². The Labute approximate surface area is 111 Å². The van der Waals surface area contributed by atoms with Gasteiger partial charge in [-0.05, 0) is 55.8 Å². The van der Waals surface area contributed by atoms with Crippen molar-refractivity contribution >= 4 is 26.0 Å². The van der Waals surface area contributed by atoms with Crippen molar-refractivity contribution in [3.63, 3.8) is 0 Å². The molecule has 0 saturated carbocycles. The number of nitrogens with zero attached hydrogens (tertiary/aromatic N) is 1. The monoisotopic (exact) mass is 320 g/mol. The van der Waals surface area contributed by atoms with Crippen molar-refractivity contribution in [1.82, 2.24) is 9.71 Å². The van der Waals surface area contributed by atoms with E-state index in [1.165, 1.54) is 0 Å². The second-order valence-electron chi connectivity index (χ2n) is 4.86. The summed E-state index contributed by atoms with van der Waals surface area (Å²) in [7, 11) is -3.36. The van der Waals surface area contributed by atoms with E-state index in [0.717, 1.165) is 4.47 Å². The molecule has 0 bridgehead atoms. The van der Waals surface area contributed by atoms with E-state index in [1.54, 1.807) is 40.0 Å². The van der Waals surface area contributed by atoms with Crippen molar-refractivity contribution in [2.24, 2.45) is 0 Å². The van der Waals surface area contributed by atoms with Crippen molar-refractivity contribution in [3.8, 4) is 0 Å². The molecule has 0 amide bonds. The van der Waals surface area contributed by atoms with Crippen LogP contribution in [0, 0.1) is 0 Å². The van der Waals surface area contributed by atoms with E-state index >= 15 is 0 Å². The standard InChI is InChI=1S/C11H17BrN2O2S/c1-8(10-6-5-9(12)7-13-10)14-17(15,16)11(2,3)4/h5-8,14H,1-4H3/t8-/m1/s1. The number of pyridine rings is 1. The Hall–Kier alpha value is -0.460. The highest BCUT2D eigenvalue weighted by atomic mass is 79.9. The lowest BCUT2D eigenvalue weighted by atomic mass is 10.2. The number of rotatable bonds is 3. The predicted octanol–water partition coefficient (Wildman–Crippen LogP) is 2.62. The van der Waals surface area contributed by atoms with E-state index in [2.05, 4.69) is 25.6 Å². The van der Waals surface area contributed by atoms with Gasteiger partial charge < -0.3 is 0 Å². The maximum atomic E-state index is 12.0. The summed E-state index contributed by atoms with van der Waals surface area (Å²) >= 11 is 3.29. The Bertz CT molecular complexity index is 477. The fourth-order valence-electron chi connectivity index (χ4n) is 1.11. The molecule has 1 rings (SSSR count). The zero-order valence-electron chi connectivity index (χ0n) is 10.4. The third-order valence-corrected chi connectivity index (χ3v) is 5.08. The van der Waals surface area contributed by atoms with Gasteiger partial charge in [0, 0.05) is 10.7 Å². The molecule has 0 aromatic carbocycles. The summed E-state index contributed by atoms with van der Waals surface area (Å²) in [5.41, 5.74) is 0.695. The summed E-state index contributed by atoms with van der Waals surface area (Å²) in [5.74, 6) is 0. The van der Waals surface area contributed by atoms with Gasteiger partial charge in [0.15, 0.2) is 0 Å². The summed E-state index contributed by atoms with van der Waals surface area (Å²) in [6.45, 7) is 6.77.